The summed E-state index contributed by atoms with van der Waals surface area (Å²) < 4.78 is 0. The van der Waals surface area contributed by atoms with E-state index in [1.54, 1.807) is 18.2 Å². The van der Waals surface area contributed by atoms with E-state index >= 15 is 0 Å². The summed E-state index contributed by atoms with van der Waals surface area (Å²) in [4.78, 5) is 36.8. The predicted molar refractivity (Wildman–Crippen MR) is 96.9 cm³/mol. The fourth-order valence-corrected chi connectivity index (χ4v) is 3.96. The van der Waals surface area contributed by atoms with E-state index in [0.717, 1.165) is 25.7 Å². The first kappa shape index (κ1) is 16.4. The van der Waals surface area contributed by atoms with Crippen LogP contribution in [0.25, 0.3) is 0 Å². The monoisotopic (exact) mass is 350 g/mol. The van der Waals surface area contributed by atoms with Crippen LogP contribution in [0.5, 0.6) is 0 Å². The molecule has 132 valence electrons. The van der Waals surface area contributed by atoms with Crippen LogP contribution in [0.3, 0.4) is 0 Å². The lowest BCUT2D eigenvalue weighted by molar-refractivity contribution is -0.385. The van der Waals surface area contributed by atoms with Crippen molar-refractivity contribution in [1.82, 2.24) is 0 Å². The lowest BCUT2D eigenvalue weighted by Crippen LogP contribution is -2.27. The molecule has 0 radical (unpaired) electrons. The Bertz CT molecular complexity index is 929. The molecule has 2 aromatic carbocycles. The molecule has 0 unspecified atom stereocenters. The molecule has 0 saturated heterocycles. The summed E-state index contributed by atoms with van der Waals surface area (Å²) in [5, 5.41) is 14.8. The van der Waals surface area contributed by atoms with Crippen molar-refractivity contribution in [3.63, 3.8) is 0 Å². The topological polar surface area (TPSA) is 89.3 Å². The average molecular weight is 350 g/mol. The normalized spacial score (nSPS) is 16.8. The molecule has 0 aromatic heterocycles. The van der Waals surface area contributed by atoms with Gasteiger partial charge in [0.2, 0.25) is 5.78 Å². The highest BCUT2D eigenvalue weighted by Crippen LogP contribution is 2.37. The van der Waals surface area contributed by atoms with E-state index < -0.39 is 10.7 Å². The maximum absolute atomic E-state index is 13.1. The van der Waals surface area contributed by atoms with Gasteiger partial charge in [0.05, 0.1) is 10.5 Å². The summed E-state index contributed by atoms with van der Waals surface area (Å²) in [7, 11) is 0. The van der Waals surface area contributed by atoms with Gasteiger partial charge in [0.25, 0.3) is 5.69 Å². The number of hydrogen-bond donors (Lipinski definition) is 1. The van der Waals surface area contributed by atoms with E-state index in [-0.39, 0.29) is 34.2 Å². The van der Waals surface area contributed by atoms with Crippen LogP contribution < -0.4 is 5.32 Å². The molecule has 0 atom stereocenters. The van der Waals surface area contributed by atoms with Crippen molar-refractivity contribution < 1.29 is 14.5 Å². The second-order valence-corrected chi connectivity index (χ2v) is 6.82. The predicted octanol–water partition coefficient (Wildman–Crippen LogP) is 4.11. The average Bonchev–Trinajstić information content (AvgIpc) is 2.66. The minimum absolute atomic E-state index is 0.103. The Labute approximate surface area is 150 Å². The Hall–Kier alpha value is -3.02. The van der Waals surface area contributed by atoms with Crippen LogP contribution in [0.2, 0.25) is 0 Å². The molecular weight excluding hydrogens is 332 g/mol. The molecular formula is C20H18N2O4. The van der Waals surface area contributed by atoms with Gasteiger partial charge in [-0.25, -0.2) is 0 Å². The molecule has 1 saturated carbocycles. The molecule has 0 heterocycles. The van der Waals surface area contributed by atoms with E-state index in [1.165, 1.54) is 24.6 Å². The van der Waals surface area contributed by atoms with E-state index in [2.05, 4.69) is 5.32 Å². The number of nitrogens with one attached hydrogen (secondary N) is 1. The number of fused-ring (bicyclic) bond motifs is 2. The number of carbonyl (C=O) groups excluding carboxylic acids is 2. The first-order chi connectivity index (χ1) is 12.6. The van der Waals surface area contributed by atoms with Gasteiger partial charge in [-0.1, -0.05) is 37.5 Å². The van der Waals surface area contributed by atoms with Crippen molar-refractivity contribution in [2.45, 2.75) is 38.1 Å². The Morgan fingerprint density at radius 1 is 0.885 bits per heavy atom. The molecule has 4 rings (SSSR count). The summed E-state index contributed by atoms with van der Waals surface area (Å²) in [5.74, 6) is -0.800. The smallest absolute Gasteiger partial charge is 0.281 e. The second-order valence-electron chi connectivity index (χ2n) is 6.82. The molecule has 6 heteroatoms. The van der Waals surface area contributed by atoms with Gasteiger partial charge in [-0.15, -0.1) is 0 Å². The van der Waals surface area contributed by atoms with Crippen LogP contribution in [-0.2, 0) is 0 Å². The summed E-state index contributed by atoms with van der Waals surface area (Å²) in [6, 6.07) is 9.58. The van der Waals surface area contributed by atoms with Gasteiger partial charge in [0.15, 0.2) is 5.78 Å². The van der Waals surface area contributed by atoms with Gasteiger partial charge in [-0.3, -0.25) is 19.7 Å². The number of anilines is 1. The van der Waals surface area contributed by atoms with E-state index in [1.807, 2.05) is 0 Å². The van der Waals surface area contributed by atoms with E-state index in [9.17, 15) is 19.7 Å². The summed E-state index contributed by atoms with van der Waals surface area (Å²) in [6.45, 7) is 0. The van der Waals surface area contributed by atoms with E-state index in [0.29, 0.717) is 11.3 Å². The third kappa shape index (κ3) is 2.58. The van der Waals surface area contributed by atoms with Crippen molar-refractivity contribution in [3.05, 3.63) is 68.8 Å². The molecule has 26 heavy (non-hydrogen) atoms. The Balaban J connectivity index is 1.83. The summed E-state index contributed by atoms with van der Waals surface area (Å²) >= 11 is 0. The summed E-state index contributed by atoms with van der Waals surface area (Å²) in [5.41, 5.74) is 0.837. The number of hydrogen-bond acceptors (Lipinski definition) is 5. The standard InChI is InChI=1S/C20H18N2O4/c23-19-13-8-4-10-15(21-12-6-2-1-3-7-12)17(13)20(24)18-14(19)9-5-11-16(18)22(25)26/h4-5,8-12,21H,1-3,6-7H2. The molecule has 1 fully saturated rings. The van der Waals surface area contributed by atoms with Gasteiger partial charge in [0.1, 0.15) is 5.56 Å². The fourth-order valence-electron chi connectivity index (χ4n) is 3.96. The molecule has 2 aliphatic carbocycles. The fraction of sp³-hybridized carbons (Fsp3) is 0.300. The van der Waals surface area contributed by atoms with Crippen LogP contribution >= 0.6 is 0 Å². The number of ketones is 2. The van der Waals surface area contributed by atoms with Crippen molar-refractivity contribution in [1.29, 1.82) is 0 Å². The van der Waals surface area contributed by atoms with Crippen LogP contribution in [0, 0.1) is 10.1 Å². The zero-order chi connectivity index (χ0) is 18.3. The van der Waals surface area contributed by atoms with Crippen LogP contribution in [-0.4, -0.2) is 22.5 Å². The molecule has 6 nitrogen and oxygen atoms in total. The molecule has 2 aromatic rings. The molecule has 1 N–H and O–H groups in total. The number of nitro groups is 1. The van der Waals surface area contributed by atoms with Gasteiger partial charge >= 0.3 is 0 Å². The van der Waals surface area contributed by atoms with Gasteiger partial charge in [-0.2, -0.15) is 0 Å². The lowest BCUT2D eigenvalue weighted by Gasteiger charge is -2.27. The van der Waals surface area contributed by atoms with Gasteiger partial charge in [-0.05, 0) is 25.0 Å². The highest BCUT2D eigenvalue weighted by molar-refractivity contribution is 6.31. The van der Waals surface area contributed by atoms with Crippen LogP contribution in [0.4, 0.5) is 11.4 Å². The third-order valence-electron chi connectivity index (χ3n) is 5.21. The lowest BCUT2D eigenvalue weighted by atomic mass is 9.82. The second kappa shape index (κ2) is 6.37. The number of benzene rings is 2. The molecule has 0 aliphatic heterocycles. The third-order valence-corrected chi connectivity index (χ3v) is 5.21. The molecule has 0 amide bonds. The van der Waals surface area contributed by atoms with Crippen molar-refractivity contribution in [3.8, 4) is 0 Å². The summed E-state index contributed by atoms with van der Waals surface area (Å²) in [6.07, 6.45) is 5.51. The van der Waals surface area contributed by atoms with E-state index in [4.69, 9.17) is 0 Å². The first-order valence-electron chi connectivity index (χ1n) is 8.84. The maximum atomic E-state index is 13.1. The minimum atomic E-state index is -0.605. The number of rotatable bonds is 3. The quantitative estimate of drug-likeness (QED) is 0.567. The molecule has 0 bridgehead atoms. The Morgan fingerprint density at radius 3 is 2.23 bits per heavy atom. The van der Waals surface area contributed by atoms with Crippen molar-refractivity contribution in [2.75, 3.05) is 5.32 Å². The number of nitro benzene ring substituents is 1. The highest BCUT2D eigenvalue weighted by atomic mass is 16.6. The maximum Gasteiger partial charge on any atom is 0.281 e. The van der Waals surface area contributed by atoms with Gasteiger partial charge in [0, 0.05) is 28.9 Å². The largest absolute Gasteiger partial charge is 0.382 e. The van der Waals surface area contributed by atoms with Crippen molar-refractivity contribution >= 4 is 22.9 Å². The zero-order valence-corrected chi connectivity index (χ0v) is 14.2. The van der Waals surface area contributed by atoms with Crippen LogP contribution in [0.1, 0.15) is 63.9 Å². The Morgan fingerprint density at radius 2 is 1.54 bits per heavy atom. The SMILES string of the molecule is O=C1c2cccc(NC3CCCCC3)c2C(=O)c2c1cccc2[N+](=O)[O-]. The van der Waals surface area contributed by atoms with Crippen LogP contribution in [0.15, 0.2) is 36.4 Å². The number of nitrogens with zero attached hydrogens (tertiary/aromatic N) is 1. The van der Waals surface area contributed by atoms with Crippen molar-refractivity contribution in [2.24, 2.45) is 0 Å². The van der Waals surface area contributed by atoms with Gasteiger partial charge < -0.3 is 5.32 Å². The highest BCUT2D eigenvalue weighted by Gasteiger charge is 2.37. The molecule has 2 aliphatic rings. The number of carbonyl (C=O) groups is 2. The zero-order valence-electron chi connectivity index (χ0n) is 14.2. The Kier molecular flexibility index (Phi) is 4.03. The first-order valence-corrected chi connectivity index (χ1v) is 8.84. The minimum Gasteiger partial charge on any atom is -0.382 e. The molecule has 0 spiro atoms.